The predicted molar refractivity (Wildman–Crippen MR) is 56.0 cm³/mol. The largest absolute Gasteiger partial charge is 0.488 e. The summed E-state index contributed by atoms with van der Waals surface area (Å²) in [5, 5.41) is 2.60. The van der Waals surface area contributed by atoms with Crippen molar-refractivity contribution in [1.29, 1.82) is 0 Å². The molecule has 0 aromatic carbocycles. The molecule has 15 heavy (non-hydrogen) atoms. The van der Waals surface area contributed by atoms with Crippen LogP contribution in [0.4, 0.5) is 0 Å². The molecule has 1 aromatic rings. The fraction of sp³-hybridized carbons (Fsp3) is 0.455. The number of amides is 1. The van der Waals surface area contributed by atoms with Gasteiger partial charge in [0, 0.05) is 12.7 Å². The van der Waals surface area contributed by atoms with Gasteiger partial charge in [-0.15, -0.1) is 0 Å². The summed E-state index contributed by atoms with van der Waals surface area (Å²) in [6, 6.07) is 1.75. The third-order valence-electron chi connectivity index (χ3n) is 2.29. The van der Waals surface area contributed by atoms with Crippen LogP contribution in [-0.4, -0.2) is 24.0 Å². The smallest absolute Gasteiger partial charge is 0.254 e. The number of aryl methyl sites for hydroxylation is 1. The summed E-state index contributed by atoms with van der Waals surface area (Å²) in [5.41, 5.74) is 1.38. The molecule has 4 nitrogen and oxygen atoms in total. The van der Waals surface area contributed by atoms with E-state index in [1.807, 2.05) is 6.92 Å². The van der Waals surface area contributed by atoms with Gasteiger partial charge in [0.15, 0.2) is 5.75 Å². The quantitative estimate of drug-likeness (QED) is 0.810. The fourth-order valence-corrected chi connectivity index (χ4v) is 1.32. The Kier molecular flexibility index (Phi) is 2.58. The molecule has 0 bridgehead atoms. The molecule has 4 heteroatoms. The van der Waals surface area contributed by atoms with Gasteiger partial charge < -0.3 is 10.1 Å². The Balaban J connectivity index is 2.29. The molecule has 0 aliphatic heterocycles. The van der Waals surface area contributed by atoms with Crippen LogP contribution in [0.15, 0.2) is 12.3 Å². The third kappa shape index (κ3) is 2.26. The first-order valence-electron chi connectivity index (χ1n) is 5.06. The molecule has 1 saturated carbocycles. The highest BCUT2D eigenvalue weighted by molar-refractivity contribution is 5.96. The van der Waals surface area contributed by atoms with Gasteiger partial charge in [0.2, 0.25) is 0 Å². The monoisotopic (exact) mass is 206 g/mol. The Morgan fingerprint density at radius 3 is 2.93 bits per heavy atom. The molecule has 0 spiro atoms. The number of aromatic nitrogens is 1. The third-order valence-corrected chi connectivity index (χ3v) is 2.29. The van der Waals surface area contributed by atoms with E-state index in [2.05, 4.69) is 10.3 Å². The van der Waals surface area contributed by atoms with Gasteiger partial charge in [0.25, 0.3) is 5.91 Å². The van der Waals surface area contributed by atoms with Crippen molar-refractivity contribution in [3.8, 4) is 5.75 Å². The van der Waals surface area contributed by atoms with Gasteiger partial charge in [-0.3, -0.25) is 9.78 Å². The highest BCUT2D eigenvalue weighted by atomic mass is 16.5. The van der Waals surface area contributed by atoms with Crippen molar-refractivity contribution in [3.05, 3.63) is 23.5 Å². The molecule has 0 unspecified atom stereocenters. The first-order valence-corrected chi connectivity index (χ1v) is 5.06. The van der Waals surface area contributed by atoms with Crippen LogP contribution in [0.2, 0.25) is 0 Å². The Hall–Kier alpha value is -1.58. The van der Waals surface area contributed by atoms with Gasteiger partial charge in [-0.25, -0.2) is 0 Å². The van der Waals surface area contributed by atoms with E-state index in [0.717, 1.165) is 18.5 Å². The Bertz CT molecular complexity index is 386. The maximum absolute atomic E-state index is 11.6. The molecule has 80 valence electrons. The number of nitrogens with zero attached hydrogens (tertiary/aromatic N) is 1. The maximum atomic E-state index is 11.6. The molecule has 1 aromatic heterocycles. The van der Waals surface area contributed by atoms with Crippen LogP contribution >= 0.6 is 0 Å². The van der Waals surface area contributed by atoms with Crippen LogP contribution in [0.3, 0.4) is 0 Å². The minimum Gasteiger partial charge on any atom is -0.488 e. The minimum atomic E-state index is -0.129. The average Bonchev–Trinajstić information content (AvgIpc) is 3.03. The van der Waals surface area contributed by atoms with Crippen LogP contribution in [0, 0.1) is 6.92 Å². The van der Waals surface area contributed by atoms with E-state index in [0.29, 0.717) is 11.3 Å². The second-order valence-corrected chi connectivity index (χ2v) is 3.72. The highest BCUT2D eigenvalue weighted by Gasteiger charge is 2.25. The summed E-state index contributed by atoms with van der Waals surface area (Å²) in [6.07, 6.45) is 4.04. The van der Waals surface area contributed by atoms with Crippen molar-refractivity contribution >= 4 is 5.91 Å². The lowest BCUT2D eigenvalue weighted by molar-refractivity contribution is 0.0958. The Morgan fingerprint density at radius 2 is 2.33 bits per heavy atom. The molecule has 2 rings (SSSR count). The van der Waals surface area contributed by atoms with Crippen LogP contribution < -0.4 is 10.1 Å². The van der Waals surface area contributed by atoms with E-state index in [4.69, 9.17) is 4.74 Å². The molecule has 1 heterocycles. The molecule has 0 saturated heterocycles. The van der Waals surface area contributed by atoms with Gasteiger partial charge in [0.1, 0.15) is 0 Å². The van der Waals surface area contributed by atoms with E-state index >= 15 is 0 Å². The van der Waals surface area contributed by atoms with Crippen LogP contribution in [0.5, 0.6) is 5.75 Å². The maximum Gasteiger partial charge on any atom is 0.254 e. The van der Waals surface area contributed by atoms with Gasteiger partial charge >= 0.3 is 0 Å². The molecule has 1 aliphatic carbocycles. The zero-order valence-corrected chi connectivity index (χ0v) is 8.91. The first kappa shape index (κ1) is 9.96. The zero-order valence-electron chi connectivity index (χ0n) is 8.91. The van der Waals surface area contributed by atoms with E-state index in [9.17, 15) is 4.79 Å². The molecular formula is C11H14N2O2. The topological polar surface area (TPSA) is 51.2 Å². The lowest BCUT2D eigenvalue weighted by Gasteiger charge is -2.09. The van der Waals surface area contributed by atoms with Crippen molar-refractivity contribution in [3.63, 3.8) is 0 Å². The summed E-state index contributed by atoms with van der Waals surface area (Å²) in [5.74, 6) is 0.457. The van der Waals surface area contributed by atoms with Crippen LogP contribution in [0.25, 0.3) is 0 Å². The number of hydrogen-bond donors (Lipinski definition) is 1. The highest BCUT2D eigenvalue weighted by Crippen LogP contribution is 2.28. The summed E-state index contributed by atoms with van der Waals surface area (Å²) in [7, 11) is 1.61. The van der Waals surface area contributed by atoms with Crippen molar-refractivity contribution in [1.82, 2.24) is 10.3 Å². The van der Waals surface area contributed by atoms with E-state index < -0.39 is 0 Å². The second kappa shape index (κ2) is 3.88. The van der Waals surface area contributed by atoms with E-state index in [1.165, 1.54) is 0 Å². The summed E-state index contributed by atoms with van der Waals surface area (Å²) in [6.45, 7) is 1.85. The molecule has 1 amide bonds. The first-order chi connectivity index (χ1) is 7.20. The van der Waals surface area contributed by atoms with Gasteiger partial charge in [-0.1, -0.05) is 0 Å². The fourth-order valence-electron chi connectivity index (χ4n) is 1.32. The van der Waals surface area contributed by atoms with Crippen molar-refractivity contribution in [2.45, 2.75) is 25.9 Å². The molecule has 0 radical (unpaired) electrons. The van der Waals surface area contributed by atoms with E-state index in [-0.39, 0.29) is 12.0 Å². The van der Waals surface area contributed by atoms with E-state index in [1.54, 1.807) is 19.3 Å². The van der Waals surface area contributed by atoms with Crippen molar-refractivity contribution < 1.29 is 9.53 Å². The minimum absolute atomic E-state index is 0.129. The normalized spacial score (nSPS) is 14.8. The number of hydrogen-bond acceptors (Lipinski definition) is 3. The number of carbonyl (C=O) groups is 1. The lowest BCUT2D eigenvalue weighted by atomic mass is 10.2. The average molecular weight is 206 g/mol. The number of pyridine rings is 1. The molecule has 1 aliphatic rings. The standard InChI is InChI=1S/C11H14N2O2/c1-7-5-9(11(14)12-2)10(6-13-7)15-8-3-4-8/h5-6,8H,3-4H2,1-2H3,(H,12,14). The van der Waals surface area contributed by atoms with Crippen LogP contribution in [0.1, 0.15) is 28.9 Å². The molecule has 1 N–H and O–H groups in total. The molecule has 1 fully saturated rings. The Morgan fingerprint density at radius 1 is 1.60 bits per heavy atom. The second-order valence-electron chi connectivity index (χ2n) is 3.72. The number of carbonyl (C=O) groups excluding carboxylic acids is 1. The van der Waals surface area contributed by atoms with Crippen molar-refractivity contribution in [2.24, 2.45) is 0 Å². The van der Waals surface area contributed by atoms with Crippen molar-refractivity contribution in [2.75, 3.05) is 7.05 Å². The lowest BCUT2D eigenvalue weighted by Crippen LogP contribution is -2.19. The predicted octanol–water partition coefficient (Wildman–Crippen LogP) is 1.29. The molecule has 0 atom stereocenters. The molecular weight excluding hydrogens is 192 g/mol. The zero-order chi connectivity index (χ0) is 10.8. The van der Waals surface area contributed by atoms with Gasteiger partial charge in [-0.05, 0) is 25.8 Å². The SMILES string of the molecule is CNC(=O)c1cc(C)ncc1OC1CC1. The summed E-state index contributed by atoms with van der Waals surface area (Å²) >= 11 is 0. The number of rotatable bonds is 3. The number of nitrogens with one attached hydrogen (secondary N) is 1. The summed E-state index contributed by atoms with van der Waals surface area (Å²) in [4.78, 5) is 15.7. The number of ether oxygens (including phenoxy) is 1. The Labute approximate surface area is 88.7 Å². The summed E-state index contributed by atoms with van der Waals surface area (Å²) < 4.78 is 5.61. The van der Waals surface area contributed by atoms with Gasteiger partial charge in [0.05, 0.1) is 17.9 Å². The van der Waals surface area contributed by atoms with Crippen LogP contribution in [-0.2, 0) is 0 Å². The van der Waals surface area contributed by atoms with Gasteiger partial charge in [-0.2, -0.15) is 0 Å².